The Morgan fingerprint density at radius 3 is 3.07 bits per heavy atom. The summed E-state index contributed by atoms with van der Waals surface area (Å²) in [6.45, 7) is 4.23. The Balaban J connectivity index is 2.16. The smallest absolute Gasteiger partial charge is 0.120 e. The Morgan fingerprint density at radius 1 is 1.40 bits per heavy atom. The van der Waals surface area contributed by atoms with Crippen LogP contribution in [0.1, 0.15) is 6.42 Å². The van der Waals surface area contributed by atoms with E-state index in [1.807, 2.05) is 12.3 Å². The van der Waals surface area contributed by atoms with E-state index in [0.29, 0.717) is 0 Å². The van der Waals surface area contributed by atoms with Crippen LogP contribution in [0.5, 0.6) is 0 Å². The number of hydrogen-bond acceptors (Lipinski definition) is 3. The van der Waals surface area contributed by atoms with Gasteiger partial charge < -0.3 is 10.2 Å². The molecule has 0 amide bonds. The molecule has 0 aliphatic carbocycles. The molecule has 1 aliphatic heterocycles. The standard InChI is InChI=1S/C10H13ClIN3/c11-9-6-8(7-14-10(9)12)15-4-1-2-13-3-5-15/h6-7,13H,1-5H2. The summed E-state index contributed by atoms with van der Waals surface area (Å²) in [5, 5.41) is 4.12. The molecule has 1 aliphatic rings. The van der Waals surface area contributed by atoms with Gasteiger partial charge in [0.05, 0.1) is 16.9 Å². The van der Waals surface area contributed by atoms with Crippen LogP contribution in [0.25, 0.3) is 0 Å². The molecule has 1 fully saturated rings. The third-order valence-corrected chi connectivity index (χ3v) is 3.95. The van der Waals surface area contributed by atoms with Gasteiger partial charge in [-0.2, -0.15) is 0 Å². The van der Waals surface area contributed by atoms with Gasteiger partial charge in [-0.25, -0.2) is 4.98 Å². The zero-order valence-corrected chi connectivity index (χ0v) is 11.3. The summed E-state index contributed by atoms with van der Waals surface area (Å²) in [7, 11) is 0. The molecule has 1 saturated heterocycles. The van der Waals surface area contributed by atoms with E-state index in [1.165, 1.54) is 6.42 Å². The van der Waals surface area contributed by atoms with Crippen molar-refractivity contribution in [3.05, 3.63) is 21.0 Å². The summed E-state index contributed by atoms with van der Waals surface area (Å²) in [4.78, 5) is 6.61. The monoisotopic (exact) mass is 337 g/mol. The average Bonchev–Trinajstić information content (AvgIpc) is 2.50. The molecule has 0 radical (unpaired) electrons. The summed E-state index contributed by atoms with van der Waals surface area (Å²) in [5.41, 5.74) is 1.13. The highest BCUT2D eigenvalue weighted by Gasteiger charge is 2.10. The molecule has 1 N–H and O–H groups in total. The van der Waals surface area contributed by atoms with Crippen molar-refractivity contribution in [3.63, 3.8) is 0 Å². The third-order valence-electron chi connectivity index (χ3n) is 2.49. The third kappa shape index (κ3) is 2.95. The van der Waals surface area contributed by atoms with Crippen LogP contribution in [0.15, 0.2) is 12.3 Å². The van der Waals surface area contributed by atoms with Crippen molar-refractivity contribution in [1.82, 2.24) is 10.3 Å². The lowest BCUT2D eigenvalue weighted by atomic mass is 10.3. The van der Waals surface area contributed by atoms with Crippen molar-refractivity contribution >= 4 is 39.9 Å². The zero-order valence-electron chi connectivity index (χ0n) is 8.34. The Kier molecular flexibility index (Phi) is 4.05. The van der Waals surface area contributed by atoms with E-state index in [0.717, 1.165) is 40.6 Å². The minimum absolute atomic E-state index is 0.741. The van der Waals surface area contributed by atoms with Gasteiger partial charge >= 0.3 is 0 Å². The van der Waals surface area contributed by atoms with E-state index in [1.54, 1.807) is 0 Å². The van der Waals surface area contributed by atoms with E-state index in [2.05, 4.69) is 37.8 Å². The van der Waals surface area contributed by atoms with Crippen LogP contribution in [0, 0.1) is 3.70 Å². The lowest BCUT2D eigenvalue weighted by molar-refractivity contribution is 0.724. The molecule has 0 saturated carbocycles. The fraction of sp³-hybridized carbons (Fsp3) is 0.500. The van der Waals surface area contributed by atoms with E-state index in [4.69, 9.17) is 11.6 Å². The van der Waals surface area contributed by atoms with Gasteiger partial charge in [0.2, 0.25) is 0 Å². The van der Waals surface area contributed by atoms with Crippen LogP contribution in [-0.4, -0.2) is 31.2 Å². The first-order chi connectivity index (χ1) is 7.27. The molecule has 2 rings (SSSR count). The Bertz CT molecular complexity index is 337. The average molecular weight is 338 g/mol. The minimum atomic E-state index is 0.741. The fourth-order valence-electron chi connectivity index (χ4n) is 1.69. The zero-order chi connectivity index (χ0) is 10.7. The number of nitrogens with zero attached hydrogens (tertiary/aromatic N) is 2. The Labute approximate surface area is 108 Å². The number of anilines is 1. The molecule has 82 valence electrons. The summed E-state index contributed by atoms with van der Waals surface area (Å²) >= 11 is 8.21. The molecule has 0 aromatic carbocycles. The summed E-state index contributed by atoms with van der Waals surface area (Å²) < 4.78 is 0.867. The van der Waals surface area contributed by atoms with Crippen LogP contribution < -0.4 is 10.2 Å². The SMILES string of the molecule is Clc1cc(N2CCCNCC2)cnc1I. The topological polar surface area (TPSA) is 28.2 Å². The lowest BCUT2D eigenvalue weighted by Gasteiger charge is -2.22. The van der Waals surface area contributed by atoms with Crippen LogP contribution in [-0.2, 0) is 0 Å². The molecule has 0 bridgehead atoms. The Morgan fingerprint density at radius 2 is 2.27 bits per heavy atom. The van der Waals surface area contributed by atoms with Gasteiger partial charge in [-0.15, -0.1) is 0 Å². The van der Waals surface area contributed by atoms with Gasteiger partial charge in [-0.1, -0.05) is 11.6 Å². The maximum absolute atomic E-state index is 6.06. The molecule has 0 atom stereocenters. The van der Waals surface area contributed by atoms with Crippen molar-refractivity contribution < 1.29 is 0 Å². The van der Waals surface area contributed by atoms with Crippen LogP contribution in [0.4, 0.5) is 5.69 Å². The minimum Gasteiger partial charge on any atom is -0.369 e. The molecule has 15 heavy (non-hydrogen) atoms. The van der Waals surface area contributed by atoms with Gasteiger partial charge in [0, 0.05) is 19.6 Å². The van der Waals surface area contributed by atoms with Crippen molar-refractivity contribution in [2.24, 2.45) is 0 Å². The molecule has 5 heteroatoms. The quantitative estimate of drug-likeness (QED) is 0.629. The molecular formula is C10H13ClIN3. The number of hydrogen-bond donors (Lipinski definition) is 1. The number of nitrogens with one attached hydrogen (secondary N) is 1. The second-order valence-electron chi connectivity index (χ2n) is 3.56. The maximum atomic E-state index is 6.06. The molecule has 3 nitrogen and oxygen atoms in total. The van der Waals surface area contributed by atoms with E-state index in [9.17, 15) is 0 Å². The highest BCUT2D eigenvalue weighted by atomic mass is 127. The molecule has 1 aromatic rings. The van der Waals surface area contributed by atoms with Gasteiger partial charge in [-0.05, 0) is 41.6 Å². The van der Waals surface area contributed by atoms with Crippen molar-refractivity contribution in [1.29, 1.82) is 0 Å². The highest BCUT2D eigenvalue weighted by Crippen LogP contribution is 2.22. The van der Waals surface area contributed by atoms with Gasteiger partial charge in [-0.3, -0.25) is 0 Å². The van der Waals surface area contributed by atoms with E-state index in [-0.39, 0.29) is 0 Å². The Hall–Kier alpha value is -0.0700. The highest BCUT2D eigenvalue weighted by molar-refractivity contribution is 14.1. The van der Waals surface area contributed by atoms with Gasteiger partial charge in [0.25, 0.3) is 0 Å². The van der Waals surface area contributed by atoms with E-state index < -0.39 is 0 Å². The lowest BCUT2D eigenvalue weighted by Crippen LogP contribution is -2.27. The molecular weight excluding hydrogens is 324 g/mol. The number of pyridine rings is 1. The normalized spacial score (nSPS) is 17.6. The van der Waals surface area contributed by atoms with Crippen LogP contribution >= 0.6 is 34.2 Å². The first-order valence-corrected chi connectivity index (χ1v) is 6.50. The predicted molar refractivity (Wildman–Crippen MR) is 71.7 cm³/mol. The first kappa shape index (κ1) is 11.4. The summed E-state index contributed by atoms with van der Waals surface area (Å²) in [5.74, 6) is 0. The second kappa shape index (κ2) is 5.32. The van der Waals surface area contributed by atoms with E-state index >= 15 is 0 Å². The van der Waals surface area contributed by atoms with Crippen LogP contribution in [0.3, 0.4) is 0 Å². The van der Waals surface area contributed by atoms with Gasteiger partial charge in [0.15, 0.2) is 0 Å². The number of rotatable bonds is 1. The maximum Gasteiger partial charge on any atom is 0.120 e. The number of aromatic nitrogens is 1. The van der Waals surface area contributed by atoms with Crippen molar-refractivity contribution in [2.45, 2.75) is 6.42 Å². The fourth-order valence-corrected chi connectivity index (χ4v) is 2.14. The molecule has 1 aromatic heterocycles. The summed E-state index contributed by atoms with van der Waals surface area (Å²) in [6.07, 6.45) is 3.07. The number of halogens is 2. The van der Waals surface area contributed by atoms with Crippen molar-refractivity contribution in [2.75, 3.05) is 31.1 Å². The van der Waals surface area contributed by atoms with Crippen molar-refractivity contribution in [3.8, 4) is 0 Å². The molecule has 2 heterocycles. The predicted octanol–water partition coefficient (Wildman–Crippen LogP) is 2.14. The second-order valence-corrected chi connectivity index (χ2v) is 4.99. The van der Waals surface area contributed by atoms with Crippen LogP contribution in [0.2, 0.25) is 5.02 Å². The summed E-state index contributed by atoms with van der Waals surface area (Å²) in [6, 6.07) is 2.00. The van der Waals surface area contributed by atoms with Gasteiger partial charge in [0.1, 0.15) is 3.70 Å². The first-order valence-electron chi connectivity index (χ1n) is 5.04. The molecule has 0 spiro atoms. The largest absolute Gasteiger partial charge is 0.369 e. The molecule has 0 unspecified atom stereocenters.